The molecule has 250 valence electrons. The third kappa shape index (κ3) is 5.08. The van der Waals surface area contributed by atoms with Crippen LogP contribution in [0.2, 0.25) is 0 Å². The fourth-order valence-corrected chi connectivity index (χ4v) is 8.34. The fraction of sp³-hybridized carbons (Fsp3) is 0.0600. The van der Waals surface area contributed by atoms with Crippen LogP contribution in [0.3, 0.4) is 0 Å². The van der Waals surface area contributed by atoms with Gasteiger partial charge in [-0.15, -0.1) is 0 Å². The molecule has 0 saturated carbocycles. The Balaban J connectivity index is 1.18. The molecule has 0 N–H and O–H groups in total. The van der Waals surface area contributed by atoms with Crippen molar-refractivity contribution in [2.45, 2.75) is 19.3 Å². The first kappa shape index (κ1) is 31.1. The van der Waals surface area contributed by atoms with Crippen LogP contribution in [0.1, 0.15) is 25.0 Å². The minimum absolute atomic E-state index is 0.0512. The molecule has 0 amide bonds. The summed E-state index contributed by atoms with van der Waals surface area (Å²) in [5, 5.41) is 4.98. The number of benzene rings is 8. The van der Waals surface area contributed by atoms with Gasteiger partial charge in [0.05, 0.1) is 0 Å². The van der Waals surface area contributed by atoms with Gasteiger partial charge in [0.2, 0.25) is 0 Å². The molecule has 3 heteroatoms. The highest BCUT2D eigenvalue weighted by molar-refractivity contribution is 6.21. The van der Waals surface area contributed by atoms with E-state index in [2.05, 4.69) is 129 Å². The van der Waals surface area contributed by atoms with Gasteiger partial charge < -0.3 is 0 Å². The van der Waals surface area contributed by atoms with Crippen LogP contribution in [0.15, 0.2) is 176 Å². The molecular weight excluding hydrogens is 643 g/mol. The van der Waals surface area contributed by atoms with Crippen LogP contribution in [0.25, 0.3) is 89.1 Å². The fourth-order valence-electron chi connectivity index (χ4n) is 8.34. The van der Waals surface area contributed by atoms with Crippen LogP contribution < -0.4 is 0 Å². The molecule has 10 rings (SSSR count). The summed E-state index contributed by atoms with van der Waals surface area (Å²) in [5.41, 5.74) is 13.0. The van der Waals surface area contributed by atoms with E-state index in [1.165, 1.54) is 60.5 Å². The number of nitrogens with zero attached hydrogens (tertiary/aromatic N) is 3. The average molecular weight is 678 g/mol. The quantitative estimate of drug-likeness (QED) is 0.170. The molecule has 53 heavy (non-hydrogen) atoms. The lowest BCUT2D eigenvalue weighted by atomic mass is 9.81. The third-order valence-electron chi connectivity index (χ3n) is 10.9. The molecule has 1 aromatic heterocycles. The maximum absolute atomic E-state index is 5.00. The summed E-state index contributed by atoms with van der Waals surface area (Å²) < 4.78 is 0. The lowest BCUT2D eigenvalue weighted by Gasteiger charge is -2.22. The predicted octanol–water partition coefficient (Wildman–Crippen LogP) is 12.8. The molecule has 0 aliphatic heterocycles. The zero-order valence-electron chi connectivity index (χ0n) is 29.6. The highest BCUT2D eigenvalue weighted by atomic mass is 15.0. The minimum atomic E-state index is -0.0512. The van der Waals surface area contributed by atoms with E-state index in [0.29, 0.717) is 17.5 Å². The van der Waals surface area contributed by atoms with Gasteiger partial charge in [-0.2, -0.15) is 0 Å². The predicted molar refractivity (Wildman–Crippen MR) is 220 cm³/mol. The molecule has 1 aliphatic rings. The highest BCUT2D eigenvalue weighted by Gasteiger charge is 2.35. The van der Waals surface area contributed by atoms with Crippen molar-refractivity contribution in [3.63, 3.8) is 0 Å². The Kier molecular flexibility index (Phi) is 7.16. The van der Waals surface area contributed by atoms with Crippen LogP contribution in [-0.4, -0.2) is 15.0 Å². The maximum Gasteiger partial charge on any atom is 0.164 e. The van der Waals surface area contributed by atoms with Crippen LogP contribution >= 0.6 is 0 Å². The summed E-state index contributed by atoms with van der Waals surface area (Å²) in [6.07, 6.45) is 0. The van der Waals surface area contributed by atoms with E-state index in [4.69, 9.17) is 15.0 Å². The number of aromatic nitrogens is 3. The average Bonchev–Trinajstić information content (AvgIpc) is 3.46. The van der Waals surface area contributed by atoms with Crippen molar-refractivity contribution in [2.75, 3.05) is 0 Å². The van der Waals surface area contributed by atoms with Crippen molar-refractivity contribution in [2.24, 2.45) is 0 Å². The van der Waals surface area contributed by atoms with Gasteiger partial charge in [0.15, 0.2) is 17.5 Å². The SMILES string of the molecule is CC1(C)c2ccccc2-c2cc(-c3c(-c4ccc(-c5nc(-c6ccccc6)nc(-c6ccccc6)n5)cc4)c4ccccc4c4ccccc34)ccc21. The van der Waals surface area contributed by atoms with E-state index >= 15 is 0 Å². The summed E-state index contributed by atoms with van der Waals surface area (Å²) >= 11 is 0. The van der Waals surface area contributed by atoms with Gasteiger partial charge in [0.25, 0.3) is 0 Å². The minimum Gasteiger partial charge on any atom is -0.208 e. The first-order valence-corrected chi connectivity index (χ1v) is 18.2. The smallest absolute Gasteiger partial charge is 0.164 e. The Morgan fingerprint density at radius 2 is 0.717 bits per heavy atom. The van der Waals surface area contributed by atoms with Gasteiger partial charge in [-0.05, 0) is 72.1 Å². The lowest BCUT2D eigenvalue weighted by Crippen LogP contribution is -2.14. The first-order chi connectivity index (χ1) is 26.0. The summed E-state index contributed by atoms with van der Waals surface area (Å²) in [4.78, 5) is 14.9. The van der Waals surface area contributed by atoms with Gasteiger partial charge in [0.1, 0.15) is 0 Å². The second-order valence-electron chi connectivity index (χ2n) is 14.4. The van der Waals surface area contributed by atoms with Crippen molar-refractivity contribution in [1.82, 2.24) is 15.0 Å². The van der Waals surface area contributed by atoms with E-state index in [1.54, 1.807) is 0 Å². The molecule has 0 atom stereocenters. The van der Waals surface area contributed by atoms with Crippen LogP contribution in [0.4, 0.5) is 0 Å². The second-order valence-corrected chi connectivity index (χ2v) is 14.4. The van der Waals surface area contributed by atoms with Gasteiger partial charge >= 0.3 is 0 Å². The first-order valence-electron chi connectivity index (χ1n) is 18.2. The number of hydrogen-bond acceptors (Lipinski definition) is 3. The van der Waals surface area contributed by atoms with E-state index in [-0.39, 0.29) is 5.41 Å². The largest absolute Gasteiger partial charge is 0.208 e. The van der Waals surface area contributed by atoms with E-state index in [9.17, 15) is 0 Å². The summed E-state index contributed by atoms with van der Waals surface area (Å²) in [6, 6.07) is 62.7. The van der Waals surface area contributed by atoms with Crippen LogP contribution in [0, 0.1) is 0 Å². The van der Waals surface area contributed by atoms with Crippen LogP contribution in [-0.2, 0) is 5.41 Å². The Labute approximate surface area is 309 Å². The number of hydrogen-bond donors (Lipinski definition) is 0. The summed E-state index contributed by atoms with van der Waals surface area (Å²) in [5.74, 6) is 1.96. The van der Waals surface area contributed by atoms with Crippen molar-refractivity contribution in [3.8, 4) is 67.5 Å². The van der Waals surface area contributed by atoms with Crippen molar-refractivity contribution in [3.05, 3.63) is 187 Å². The molecule has 3 nitrogen and oxygen atoms in total. The van der Waals surface area contributed by atoms with Gasteiger partial charge in [-0.1, -0.05) is 184 Å². The monoisotopic (exact) mass is 677 g/mol. The molecule has 0 saturated heterocycles. The van der Waals surface area contributed by atoms with Crippen molar-refractivity contribution < 1.29 is 0 Å². The Morgan fingerprint density at radius 3 is 1.28 bits per heavy atom. The van der Waals surface area contributed by atoms with Crippen molar-refractivity contribution >= 4 is 21.5 Å². The molecule has 8 aromatic carbocycles. The van der Waals surface area contributed by atoms with Gasteiger partial charge in [-0.25, -0.2) is 15.0 Å². The molecule has 9 aromatic rings. The highest BCUT2D eigenvalue weighted by Crippen LogP contribution is 2.51. The van der Waals surface area contributed by atoms with E-state index < -0.39 is 0 Å². The summed E-state index contributed by atoms with van der Waals surface area (Å²) in [7, 11) is 0. The number of fused-ring (bicyclic) bond motifs is 6. The molecule has 0 unspecified atom stereocenters. The third-order valence-corrected chi connectivity index (χ3v) is 10.9. The zero-order valence-corrected chi connectivity index (χ0v) is 29.6. The Morgan fingerprint density at radius 1 is 0.321 bits per heavy atom. The topological polar surface area (TPSA) is 38.7 Å². The van der Waals surface area contributed by atoms with Gasteiger partial charge in [0, 0.05) is 22.1 Å². The second kappa shape index (κ2) is 12.2. The standard InChI is InChI=1S/C50H35N3/c1-50(2)43-24-14-13-21-39(43)42-31-36(29-30-44(42)50)46-41-23-12-10-20-38(41)37-19-9-11-22-40(37)45(46)32-25-27-35(28-26-32)49-52-47(33-15-5-3-6-16-33)51-48(53-49)34-17-7-4-8-18-34/h3-31H,1-2H3. The molecule has 0 bridgehead atoms. The molecule has 0 fully saturated rings. The zero-order chi connectivity index (χ0) is 35.5. The number of rotatable bonds is 5. The van der Waals surface area contributed by atoms with Crippen molar-refractivity contribution in [1.29, 1.82) is 0 Å². The normalized spacial score (nSPS) is 12.9. The maximum atomic E-state index is 5.00. The molecule has 1 heterocycles. The molecule has 0 radical (unpaired) electrons. The van der Waals surface area contributed by atoms with Gasteiger partial charge in [-0.3, -0.25) is 0 Å². The van der Waals surface area contributed by atoms with E-state index in [1.807, 2.05) is 60.7 Å². The van der Waals surface area contributed by atoms with E-state index in [0.717, 1.165) is 22.3 Å². The Hall–Kier alpha value is -6.71. The lowest BCUT2D eigenvalue weighted by molar-refractivity contribution is 0.660. The molecule has 1 aliphatic carbocycles. The van der Waals surface area contributed by atoms with Crippen LogP contribution in [0.5, 0.6) is 0 Å². The summed E-state index contributed by atoms with van der Waals surface area (Å²) in [6.45, 7) is 4.68. The molecule has 0 spiro atoms. The Bertz CT molecular complexity index is 2780. The molecular formula is C50H35N3.